The minimum absolute atomic E-state index is 0.0265. The Morgan fingerprint density at radius 2 is 0.780 bits per heavy atom. The molecule has 698 valence electrons. The van der Waals surface area contributed by atoms with Crippen molar-refractivity contribution in [2.45, 2.75) is 144 Å². The number of aromatic nitrogens is 8. The van der Waals surface area contributed by atoms with Crippen molar-refractivity contribution >= 4 is 40.1 Å². The zero-order chi connectivity index (χ0) is 95.6. The van der Waals surface area contributed by atoms with Crippen LogP contribution in [0.5, 0.6) is 5.75 Å². The van der Waals surface area contributed by atoms with E-state index >= 15 is 4.39 Å². The molecule has 1 saturated heterocycles. The molecule has 5 heterocycles. The van der Waals surface area contributed by atoms with E-state index in [1.54, 1.807) is 11.0 Å². The van der Waals surface area contributed by atoms with E-state index in [2.05, 4.69) is 54.5 Å². The first-order chi connectivity index (χ1) is 62.4. The summed E-state index contributed by atoms with van der Waals surface area (Å²) in [4.78, 5) is 6.55. The molecule has 1 fully saturated rings. The van der Waals surface area contributed by atoms with Crippen LogP contribution in [0.15, 0.2) is 244 Å². The Bertz CT molecular complexity index is 6730. The number of aliphatic hydroxyl groups is 1. The minimum atomic E-state index is -4.06. The van der Waals surface area contributed by atoms with Crippen LogP contribution in [0.4, 0.5) is 26.3 Å². The number of alkyl halides is 2. The zero-order valence-corrected chi connectivity index (χ0v) is 77.6. The quantitative estimate of drug-likeness (QED) is 0.0239. The Hall–Kier alpha value is -11.9. The molecule has 14 rings (SSSR count). The summed E-state index contributed by atoms with van der Waals surface area (Å²) in [5, 5.41) is 57.1. The van der Waals surface area contributed by atoms with Gasteiger partial charge in [-0.3, -0.25) is 19.6 Å². The van der Waals surface area contributed by atoms with Gasteiger partial charge in [-0.25, -0.2) is 99.3 Å². The standard InChI is InChI=1S/C27H29FN4O3S.C23H25F3N4O2S.C23H29FN4O3S.C22H24FN5O2S/c1-20-7-6-8-21(15-20)16-23-17-22(19-31(2)13-14-35-24-9-4-3-5-10-24)30-32(23)27-12-11-25(18-26(27)28)36(29,33)34;1-16-4-2-5-17(10-16)11-19-12-18(14-29-9-3-8-23(25,26)15-29)28-30(19)22-7-6-20(13-21(22)24)33(27,31)32;1-16(2)27(9-10-29)15-19-13-20(12-18-6-4-5-17(3)11-18)28(26-19)23-8-7-21(14-22(23)24)32(25,30)31;1-16-5-3-6-17(11-16)12-19-13-18(15-27(2)10-4-9-24)26-28(19)22-8-7-20(14-21(22)23)31(25,29)30/h3-12,15,17-18H,13-14,16,19H2,1-2H3,(H2,29,33,34);2,4-7,10,12-13H,3,8-9,11,14-15H2,1H3,(H2,27,31,32);4-8,11,13-14,16,29H,9-10,12,15H2,1-3H3,(H2,25,30,31);3,5-8,11,13-14H,4,10,12,15H2,1-2H3,(H2,25,29,30). The number of para-hydroxylation sites is 1. The van der Waals surface area contributed by atoms with E-state index in [1.165, 1.54) is 67.3 Å². The number of aryl methyl sites for hydroxylation is 4. The number of nitriles is 1. The van der Waals surface area contributed by atoms with E-state index in [4.69, 9.17) is 30.6 Å². The Labute approximate surface area is 766 Å². The number of nitrogens with zero attached hydrogens (tertiary/aromatic N) is 13. The molecule has 13 aromatic rings. The van der Waals surface area contributed by atoms with Crippen LogP contribution in [0.25, 0.3) is 22.7 Å². The highest BCUT2D eigenvalue weighted by Crippen LogP contribution is 2.32. The summed E-state index contributed by atoms with van der Waals surface area (Å²) < 4.78 is 192. The molecular formula is C95H107F6N17O10S4. The molecule has 0 spiro atoms. The molecular weight excluding hydrogens is 1780 g/mol. The van der Waals surface area contributed by atoms with E-state index in [9.17, 15) is 60.7 Å². The molecule has 27 nitrogen and oxygen atoms in total. The average molecular weight is 1890 g/mol. The van der Waals surface area contributed by atoms with Gasteiger partial charge in [-0.05, 0) is 200 Å². The van der Waals surface area contributed by atoms with Gasteiger partial charge in [0.1, 0.15) is 58.4 Å². The summed E-state index contributed by atoms with van der Waals surface area (Å²) in [5.74, 6) is -4.90. The summed E-state index contributed by atoms with van der Waals surface area (Å²) in [6, 6.07) is 65.5. The summed E-state index contributed by atoms with van der Waals surface area (Å²) in [5.41, 5.74) is 14.8. The van der Waals surface area contributed by atoms with Crippen LogP contribution in [0, 0.1) is 62.3 Å². The second kappa shape index (κ2) is 44.6. The number of hydrogen-bond donors (Lipinski definition) is 5. The summed E-state index contributed by atoms with van der Waals surface area (Å²) in [6.07, 6.45) is 2.68. The number of hydrogen-bond acceptors (Lipinski definition) is 19. The predicted octanol–water partition coefficient (Wildman–Crippen LogP) is 13.5. The van der Waals surface area contributed by atoms with Gasteiger partial charge in [0.05, 0.1) is 61.6 Å². The van der Waals surface area contributed by atoms with Crippen LogP contribution < -0.4 is 25.3 Å². The number of likely N-dealkylation sites (tertiary alicyclic amines) is 1. The highest BCUT2D eigenvalue weighted by atomic mass is 32.2. The number of benzene rings is 9. The van der Waals surface area contributed by atoms with Crippen LogP contribution in [0.1, 0.15) is 123 Å². The highest BCUT2D eigenvalue weighted by molar-refractivity contribution is 7.90. The summed E-state index contributed by atoms with van der Waals surface area (Å²) in [7, 11) is -12.2. The molecule has 1 aliphatic heterocycles. The fraction of sp³-hybridized carbons (Fsp3) is 0.295. The number of likely N-dealkylation sites (N-methyl/N-ethyl adjacent to an activating group) is 1. The Morgan fingerprint density at radius 1 is 0.447 bits per heavy atom. The van der Waals surface area contributed by atoms with Crippen molar-refractivity contribution in [1.82, 2.24) is 58.7 Å². The molecule has 0 atom stereocenters. The second-order valence-electron chi connectivity index (χ2n) is 33.0. The third kappa shape index (κ3) is 28.8. The lowest BCUT2D eigenvalue weighted by molar-refractivity contribution is -0.0663. The van der Waals surface area contributed by atoms with E-state index in [1.807, 2.05) is 188 Å². The molecule has 1 aliphatic rings. The zero-order valence-electron chi connectivity index (χ0n) is 74.3. The number of rotatable bonds is 33. The first-order valence-corrected chi connectivity index (χ1v) is 48.3. The molecule has 0 amide bonds. The third-order valence-electron chi connectivity index (χ3n) is 21.4. The number of piperidine rings is 1. The van der Waals surface area contributed by atoms with Crippen molar-refractivity contribution in [3.8, 4) is 34.6 Å². The molecule has 4 aromatic heterocycles. The number of nitrogens with two attached hydrogens (primary N) is 4. The van der Waals surface area contributed by atoms with E-state index < -0.39 is 69.3 Å². The largest absolute Gasteiger partial charge is 0.492 e. The smallest absolute Gasteiger partial charge is 0.260 e. The Balaban J connectivity index is 0.000000170. The van der Waals surface area contributed by atoms with Gasteiger partial charge in [-0.2, -0.15) is 25.7 Å². The van der Waals surface area contributed by atoms with Crippen LogP contribution in [0.2, 0.25) is 0 Å². The number of primary sulfonamides is 4. The van der Waals surface area contributed by atoms with Crippen molar-refractivity contribution in [3.05, 3.63) is 338 Å². The van der Waals surface area contributed by atoms with E-state index in [0.717, 1.165) is 109 Å². The monoisotopic (exact) mass is 1890 g/mol. The first kappa shape index (κ1) is 101. The number of halogens is 6. The average Bonchev–Trinajstić information content (AvgIpc) is 1.63. The normalized spacial score (nSPS) is 13.0. The maximum absolute atomic E-state index is 15.0. The van der Waals surface area contributed by atoms with Gasteiger partial charge in [0.25, 0.3) is 5.92 Å². The fourth-order valence-electron chi connectivity index (χ4n) is 15.1. The minimum Gasteiger partial charge on any atom is -0.492 e. The summed E-state index contributed by atoms with van der Waals surface area (Å²) in [6.45, 7) is 16.3. The van der Waals surface area contributed by atoms with E-state index in [-0.39, 0.29) is 74.5 Å². The Kier molecular flexibility index (Phi) is 34.0. The number of aliphatic hydroxyl groups excluding tert-OH is 1. The van der Waals surface area contributed by atoms with Crippen LogP contribution in [-0.4, -0.2) is 169 Å². The maximum Gasteiger partial charge on any atom is 0.260 e. The molecule has 132 heavy (non-hydrogen) atoms. The van der Waals surface area contributed by atoms with E-state index in [0.29, 0.717) is 102 Å². The van der Waals surface area contributed by atoms with Crippen molar-refractivity contribution < 1.29 is 69.9 Å². The fourth-order valence-corrected chi connectivity index (χ4v) is 17.2. The molecule has 9 N–H and O–H groups in total. The van der Waals surface area contributed by atoms with Gasteiger partial charge >= 0.3 is 0 Å². The first-order valence-electron chi connectivity index (χ1n) is 42.2. The van der Waals surface area contributed by atoms with Crippen molar-refractivity contribution in [1.29, 1.82) is 5.26 Å². The maximum atomic E-state index is 15.0. The number of sulfonamides is 4. The van der Waals surface area contributed by atoms with Gasteiger partial charge in [0, 0.05) is 113 Å². The predicted molar refractivity (Wildman–Crippen MR) is 492 cm³/mol. The molecule has 0 aliphatic carbocycles. The van der Waals surface area contributed by atoms with Crippen LogP contribution in [-0.2, 0) is 92.0 Å². The van der Waals surface area contributed by atoms with Crippen LogP contribution in [0.3, 0.4) is 0 Å². The molecule has 0 bridgehead atoms. The lowest BCUT2D eigenvalue weighted by Crippen LogP contribution is -2.42. The molecule has 0 saturated carbocycles. The van der Waals surface area contributed by atoms with Gasteiger partial charge in [0.15, 0.2) is 0 Å². The van der Waals surface area contributed by atoms with Gasteiger partial charge in [-0.1, -0.05) is 138 Å². The van der Waals surface area contributed by atoms with Crippen molar-refractivity contribution in [2.24, 2.45) is 20.6 Å². The van der Waals surface area contributed by atoms with Gasteiger partial charge in [-0.15, -0.1) is 0 Å². The Morgan fingerprint density at radius 3 is 1.09 bits per heavy atom. The lowest BCUT2D eigenvalue weighted by atomic mass is 10.1. The van der Waals surface area contributed by atoms with Crippen molar-refractivity contribution in [2.75, 3.05) is 60.0 Å². The third-order valence-corrected chi connectivity index (χ3v) is 25.0. The van der Waals surface area contributed by atoms with Gasteiger partial charge < -0.3 is 9.84 Å². The SMILES string of the molecule is Cc1cccc(Cc2cc(CN(C)CCC#N)nn2-c2ccc(S(N)(=O)=O)cc2F)c1.Cc1cccc(Cc2cc(CN(C)CCOc3ccccc3)nn2-c2ccc(S(N)(=O)=O)cc2F)c1.Cc1cccc(Cc2cc(CN(CCO)C(C)C)nn2-c2ccc(S(N)(=O)=O)cc2F)c1.Cc1cccc(Cc2cc(CN3CCCC(F)(F)C3)nn2-c2ccc(S(N)(=O)=O)cc2F)c1. The molecule has 0 unspecified atom stereocenters. The lowest BCUT2D eigenvalue weighted by Gasteiger charge is -2.31. The number of ether oxygens (including phenoxy) is 1. The molecule has 9 aromatic carbocycles. The van der Waals surface area contributed by atoms with Crippen molar-refractivity contribution in [3.63, 3.8) is 0 Å². The molecule has 37 heteroatoms. The molecule has 0 radical (unpaired) electrons. The topological polar surface area (TPSA) is 378 Å². The summed E-state index contributed by atoms with van der Waals surface area (Å²) >= 11 is 0. The second-order valence-corrected chi connectivity index (χ2v) is 39.2. The van der Waals surface area contributed by atoms with Crippen LogP contribution >= 0.6 is 0 Å². The van der Waals surface area contributed by atoms with Gasteiger partial charge in [0.2, 0.25) is 40.1 Å². The highest BCUT2D eigenvalue weighted by Gasteiger charge is 2.36.